The van der Waals surface area contributed by atoms with Crippen molar-refractivity contribution in [3.05, 3.63) is 148 Å². The molecule has 0 aliphatic heterocycles. The maximum Gasteiger partial charge on any atom is 0.311 e. The number of halogens is 4. The van der Waals surface area contributed by atoms with Gasteiger partial charge >= 0.3 is 11.9 Å². The molecule has 0 unspecified atom stereocenters. The quantitative estimate of drug-likeness (QED) is 0.0327. The van der Waals surface area contributed by atoms with Crippen LogP contribution >= 0.6 is 23.2 Å². The second-order valence-corrected chi connectivity index (χ2v) is 19.5. The molecule has 0 aliphatic rings. The normalized spacial score (nSPS) is 13.1. The lowest BCUT2D eigenvalue weighted by Crippen LogP contribution is -2.28. The Morgan fingerprint density at radius 1 is 0.647 bits per heavy atom. The molecule has 0 amide bonds. The van der Waals surface area contributed by atoms with Crippen LogP contribution in [-0.4, -0.2) is 75.8 Å². The second kappa shape index (κ2) is 27.6. The van der Waals surface area contributed by atoms with Crippen molar-refractivity contribution < 1.29 is 55.6 Å². The fraction of sp³-hybridized carbons (Fsp3) is 0.373. The number of aliphatic hydroxyl groups is 1. The number of ether oxygens (including phenoxy) is 2. The molecular weight excluding hydrogens is 935 g/mol. The Hall–Kier alpha value is -4.60. The van der Waals surface area contributed by atoms with Crippen LogP contribution in [0.4, 0.5) is 8.78 Å². The van der Waals surface area contributed by atoms with E-state index < -0.39 is 47.7 Å². The molecule has 0 fully saturated rings. The minimum Gasteiger partial charge on any atom is -0.466 e. The lowest BCUT2D eigenvalue weighted by Gasteiger charge is -2.23. The van der Waals surface area contributed by atoms with Crippen molar-refractivity contribution in [2.45, 2.75) is 77.6 Å². The minimum atomic E-state index is -4.07. The van der Waals surface area contributed by atoms with E-state index in [2.05, 4.69) is 0 Å². The highest BCUT2D eigenvalue weighted by molar-refractivity contribution is 7.86. The second-order valence-electron chi connectivity index (χ2n) is 17.1. The first-order valence-corrected chi connectivity index (χ1v) is 24.8. The van der Waals surface area contributed by atoms with E-state index in [0.29, 0.717) is 58.6 Å². The van der Waals surface area contributed by atoms with Gasteiger partial charge in [-0.05, 0) is 142 Å². The molecule has 0 aliphatic carbocycles. The maximum atomic E-state index is 14.3. The number of rotatable bonds is 23. The molecule has 5 aromatic carbocycles. The number of esters is 2. The molecule has 0 heterocycles. The molecule has 0 spiro atoms. The predicted molar refractivity (Wildman–Crippen MR) is 266 cm³/mol. The number of hydrogen-bond donors (Lipinski definition) is 3. The Labute approximate surface area is 410 Å². The molecular formula is C51H60B2Cl2F2O10S. The number of carbonyl (C=O) groups is 2. The Balaban J connectivity index is 0.000000310. The average molecular weight is 996 g/mol. The number of benzene rings is 5. The number of aryl methyl sites for hydroxylation is 1. The summed E-state index contributed by atoms with van der Waals surface area (Å²) in [6.45, 7) is 7.18. The third-order valence-corrected chi connectivity index (χ3v) is 13.0. The Bertz CT molecular complexity index is 2480. The van der Waals surface area contributed by atoms with Crippen molar-refractivity contribution in [2.75, 3.05) is 26.4 Å². The van der Waals surface area contributed by atoms with Crippen molar-refractivity contribution >= 4 is 59.1 Å². The molecule has 0 radical (unpaired) electrons. The van der Waals surface area contributed by atoms with Gasteiger partial charge in [0.1, 0.15) is 11.6 Å². The first-order chi connectivity index (χ1) is 32.3. The zero-order valence-corrected chi connectivity index (χ0v) is 41.4. The average Bonchev–Trinajstić information content (AvgIpc) is 3.29. The Kier molecular flexibility index (Phi) is 22.7. The van der Waals surface area contributed by atoms with Crippen molar-refractivity contribution in [1.29, 1.82) is 0 Å². The molecule has 3 N–H and O–H groups in total. The largest absolute Gasteiger partial charge is 0.466 e. The molecule has 0 aromatic heterocycles. The highest BCUT2D eigenvalue weighted by Gasteiger charge is 2.30. The van der Waals surface area contributed by atoms with Crippen LogP contribution in [0.5, 0.6) is 0 Å². The topological polar surface area (TPSA) is 157 Å². The van der Waals surface area contributed by atoms with E-state index in [4.69, 9.17) is 36.9 Å². The SMILES string of the molecule is CCOC(=O)[C@H](CO)C[C@H](CB(C)O)Cc1ccc(-c2cc(Cl)ccc2F)cc1.CCOC(=O)[C@H](COS(=O)(=O)c1ccc(C)cc1)C[C@H](CB(C)O)Cc1ccc(-c2cc(Cl)ccc2F)cc1. The summed E-state index contributed by atoms with van der Waals surface area (Å²) in [4.78, 5) is 24.8. The van der Waals surface area contributed by atoms with Gasteiger partial charge in [0.2, 0.25) is 0 Å². The number of hydrogen-bond acceptors (Lipinski definition) is 10. The minimum absolute atomic E-state index is 0.00692. The van der Waals surface area contributed by atoms with Crippen LogP contribution in [0.2, 0.25) is 36.3 Å². The van der Waals surface area contributed by atoms with Crippen LogP contribution < -0.4 is 0 Å². The Morgan fingerprint density at radius 3 is 1.46 bits per heavy atom. The zero-order chi connectivity index (χ0) is 50.0. The van der Waals surface area contributed by atoms with E-state index in [0.717, 1.165) is 22.3 Å². The smallest absolute Gasteiger partial charge is 0.311 e. The van der Waals surface area contributed by atoms with Gasteiger partial charge in [-0.2, -0.15) is 8.42 Å². The molecule has 0 saturated heterocycles. The first-order valence-electron chi connectivity index (χ1n) is 22.7. The molecule has 0 saturated carbocycles. The van der Waals surface area contributed by atoms with Crippen molar-refractivity contribution in [3.8, 4) is 22.3 Å². The van der Waals surface area contributed by atoms with E-state index in [1.165, 1.54) is 36.4 Å². The van der Waals surface area contributed by atoms with Crippen LogP contribution in [0.25, 0.3) is 22.3 Å². The van der Waals surface area contributed by atoms with E-state index in [1.54, 1.807) is 63.9 Å². The van der Waals surface area contributed by atoms with Gasteiger partial charge in [-0.1, -0.05) is 103 Å². The molecule has 0 bridgehead atoms. The molecule has 4 atom stereocenters. The molecule has 364 valence electrons. The van der Waals surface area contributed by atoms with Crippen molar-refractivity contribution in [3.63, 3.8) is 0 Å². The zero-order valence-electron chi connectivity index (χ0n) is 39.0. The monoisotopic (exact) mass is 994 g/mol. The molecule has 68 heavy (non-hydrogen) atoms. The summed E-state index contributed by atoms with van der Waals surface area (Å²) in [5.41, 5.74) is 5.05. The summed E-state index contributed by atoms with van der Waals surface area (Å²) in [5.74, 6) is -3.35. The summed E-state index contributed by atoms with van der Waals surface area (Å²) in [5, 5.41) is 30.5. The fourth-order valence-corrected chi connectivity index (χ4v) is 9.28. The van der Waals surface area contributed by atoms with E-state index in [1.807, 2.05) is 43.3 Å². The van der Waals surface area contributed by atoms with Crippen LogP contribution in [0.15, 0.2) is 114 Å². The van der Waals surface area contributed by atoms with Gasteiger partial charge in [-0.25, -0.2) is 8.78 Å². The predicted octanol–water partition coefficient (Wildman–Crippen LogP) is 10.7. The van der Waals surface area contributed by atoms with Crippen LogP contribution in [0.3, 0.4) is 0 Å². The van der Waals surface area contributed by atoms with Gasteiger partial charge in [0.15, 0.2) is 0 Å². The number of aliphatic hydroxyl groups excluding tert-OH is 1. The number of carbonyl (C=O) groups excluding carboxylic acids is 2. The van der Waals surface area contributed by atoms with Crippen LogP contribution in [0, 0.1) is 42.2 Å². The summed E-state index contributed by atoms with van der Waals surface area (Å²) < 4.78 is 69.3. The molecule has 10 nitrogen and oxygen atoms in total. The van der Waals surface area contributed by atoms with Gasteiger partial charge in [0.05, 0.1) is 43.2 Å². The highest BCUT2D eigenvalue weighted by atomic mass is 35.5. The lowest BCUT2D eigenvalue weighted by atomic mass is 9.62. The first kappa shape index (κ1) is 56.0. The maximum absolute atomic E-state index is 14.3. The van der Waals surface area contributed by atoms with Gasteiger partial charge in [0, 0.05) is 21.2 Å². The third-order valence-electron chi connectivity index (χ3n) is 11.2. The Morgan fingerprint density at radius 2 is 1.06 bits per heavy atom. The molecule has 5 rings (SSSR count). The lowest BCUT2D eigenvalue weighted by molar-refractivity contribution is -0.150. The van der Waals surface area contributed by atoms with Gasteiger partial charge in [0.25, 0.3) is 23.9 Å². The highest BCUT2D eigenvalue weighted by Crippen LogP contribution is 2.31. The van der Waals surface area contributed by atoms with E-state index in [-0.39, 0.29) is 61.2 Å². The summed E-state index contributed by atoms with van der Waals surface area (Å²) in [7, 11) is -4.07. The van der Waals surface area contributed by atoms with Crippen molar-refractivity contribution in [2.24, 2.45) is 23.7 Å². The van der Waals surface area contributed by atoms with E-state index in [9.17, 15) is 41.9 Å². The van der Waals surface area contributed by atoms with Gasteiger partial charge in [-0.15, -0.1) is 0 Å². The fourth-order valence-electron chi connectivity index (χ4n) is 7.98. The standard InChI is InChI=1S/C29H33BClFO6S.C22H27BClFO4/c1-4-37-29(33)24(19-38-39(35,36)26-12-5-20(2)6-13-26)16-22(18-30(3)34)15-21-7-9-23(10-8-21)27-17-25(31)11-14-28(27)32;1-3-29-22(27)18(14-26)11-16(13-23(2)28)10-15-4-6-17(7-5-15)20-12-19(24)8-9-21(20)25/h5-14,17,22,24,34H,4,15-16,18-19H2,1-3H3;4-9,12,16,18,26,28H,3,10-11,13-14H2,1-2H3/t22-,24+;16-,18+/m11/s1. The van der Waals surface area contributed by atoms with Crippen molar-refractivity contribution in [1.82, 2.24) is 0 Å². The molecule has 5 aromatic rings. The summed E-state index contributed by atoms with van der Waals surface area (Å²) in [6.07, 6.45) is 2.68. The van der Waals surface area contributed by atoms with Crippen LogP contribution in [0.1, 0.15) is 43.4 Å². The van der Waals surface area contributed by atoms with Gasteiger partial charge in [-0.3, -0.25) is 13.8 Å². The third kappa shape index (κ3) is 18.0. The molecule has 17 heteroatoms. The summed E-state index contributed by atoms with van der Waals surface area (Å²) in [6, 6.07) is 29.9. The van der Waals surface area contributed by atoms with Gasteiger partial charge < -0.3 is 24.6 Å². The summed E-state index contributed by atoms with van der Waals surface area (Å²) >= 11 is 12.0. The van der Waals surface area contributed by atoms with E-state index >= 15 is 0 Å². The van der Waals surface area contributed by atoms with Crippen LogP contribution in [-0.2, 0) is 46.2 Å².